The van der Waals surface area contributed by atoms with Crippen molar-refractivity contribution < 1.29 is 9.47 Å². The molecule has 1 N–H and O–H groups in total. The van der Waals surface area contributed by atoms with Crippen molar-refractivity contribution in [3.05, 3.63) is 92.6 Å². The van der Waals surface area contributed by atoms with E-state index in [0.717, 1.165) is 30.0 Å². The Balaban J connectivity index is 1.66. The van der Waals surface area contributed by atoms with E-state index in [-0.39, 0.29) is 6.04 Å². The van der Waals surface area contributed by atoms with E-state index in [2.05, 4.69) is 76.4 Å². The molecule has 0 radical (unpaired) electrons. The molecule has 3 aromatic rings. The van der Waals surface area contributed by atoms with Gasteiger partial charge in [-0.05, 0) is 75.5 Å². The van der Waals surface area contributed by atoms with Gasteiger partial charge in [-0.3, -0.25) is 0 Å². The number of hydrogen-bond donors (Lipinski definition) is 1. The van der Waals surface area contributed by atoms with E-state index >= 15 is 0 Å². The Morgan fingerprint density at radius 3 is 2.52 bits per heavy atom. The summed E-state index contributed by atoms with van der Waals surface area (Å²) in [6.45, 7) is 1.48. The van der Waals surface area contributed by atoms with Gasteiger partial charge in [-0.25, -0.2) is 0 Å². The first kappa shape index (κ1) is 18.3. The topological polar surface area (TPSA) is 30.5 Å². The van der Waals surface area contributed by atoms with Crippen LogP contribution in [0.2, 0.25) is 0 Å². The number of rotatable bonds is 5. The van der Waals surface area contributed by atoms with Crippen LogP contribution in [0.25, 0.3) is 0 Å². The zero-order valence-corrected chi connectivity index (χ0v) is 17.4. The lowest BCUT2D eigenvalue weighted by molar-refractivity contribution is 0.283. The molecule has 0 saturated heterocycles. The normalized spacial score (nSPS) is 15.9. The smallest absolute Gasteiger partial charge is 0.162 e. The van der Waals surface area contributed by atoms with Crippen LogP contribution in [0.15, 0.2) is 66.7 Å². The van der Waals surface area contributed by atoms with Gasteiger partial charge in [-0.1, -0.05) is 42.5 Å². The molecule has 1 heterocycles. The summed E-state index contributed by atoms with van der Waals surface area (Å²) in [6.07, 6.45) is 0.992. The highest BCUT2D eigenvalue weighted by Gasteiger charge is 2.24. The van der Waals surface area contributed by atoms with Crippen LogP contribution in [-0.2, 0) is 13.0 Å². The summed E-state index contributed by atoms with van der Waals surface area (Å²) in [5.41, 5.74) is 5.01. The third-order valence-corrected chi connectivity index (χ3v) is 5.64. The molecule has 3 aromatic carbocycles. The summed E-state index contributed by atoms with van der Waals surface area (Å²) >= 11 is 2.34. The van der Waals surface area contributed by atoms with Gasteiger partial charge in [0.1, 0.15) is 6.61 Å². The zero-order valence-electron chi connectivity index (χ0n) is 15.2. The third kappa shape index (κ3) is 4.12. The fourth-order valence-corrected chi connectivity index (χ4v) is 3.88. The zero-order chi connectivity index (χ0) is 18.6. The monoisotopic (exact) mass is 471 g/mol. The first-order valence-corrected chi connectivity index (χ1v) is 10.2. The van der Waals surface area contributed by atoms with Gasteiger partial charge in [0, 0.05) is 10.1 Å². The molecule has 0 saturated carbocycles. The molecule has 0 amide bonds. The molecule has 1 aliphatic heterocycles. The summed E-state index contributed by atoms with van der Waals surface area (Å²) in [6, 6.07) is 23.4. The second-order valence-corrected chi connectivity index (χ2v) is 7.91. The molecule has 0 spiro atoms. The number of hydrogen-bond acceptors (Lipinski definition) is 3. The average molecular weight is 471 g/mol. The van der Waals surface area contributed by atoms with Crippen molar-refractivity contribution >= 4 is 22.6 Å². The predicted molar refractivity (Wildman–Crippen MR) is 116 cm³/mol. The van der Waals surface area contributed by atoms with E-state index in [9.17, 15) is 0 Å². The molecule has 0 aromatic heterocycles. The second kappa shape index (κ2) is 8.31. The van der Waals surface area contributed by atoms with Crippen LogP contribution in [0.1, 0.15) is 28.3 Å². The number of halogens is 1. The minimum absolute atomic E-state index is 0.177. The quantitative estimate of drug-likeness (QED) is 0.525. The average Bonchev–Trinajstić information content (AvgIpc) is 2.72. The molecule has 138 valence electrons. The van der Waals surface area contributed by atoms with Gasteiger partial charge < -0.3 is 14.8 Å². The fraction of sp³-hybridized carbons (Fsp3) is 0.217. The maximum absolute atomic E-state index is 6.13. The van der Waals surface area contributed by atoms with Crippen molar-refractivity contribution in [1.82, 2.24) is 5.32 Å². The first-order chi connectivity index (χ1) is 13.2. The second-order valence-electron chi connectivity index (χ2n) is 6.66. The van der Waals surface area contributed by atoms with Gasteiger partial charge in [0.15, 0.2) is 11.5 Å². The molecule has 27 heavy (non-hydrogen) atoms. The van der Waals surface area contributed by atoms with Crippen LogP contribution in [0.5, 0.6) is 11.5 Å². The van der Waals surface area contributed by atoms with Crippen LogP contribution in [0, 0.1) is 3.57 Å². The van der Waals surface area contributed by atoms with E-state index in [0.29, 0.717) is 6.61 Å². The predicted octanol–water partition coefficient (Wildman–Crippen LogP) is 5.11. The minimum Gasteiger partial charge on any atom is -0.493 e. The van der Waals surface area contributed by atoms with Crippen molar-refractivity contribution in [2.24, 2.45) is 0 Å². The third-order valence-electron chi connectivity index (χ3n) is 4.92. The van der Waals surface area contributed by atoms with Gasteiger partial charge in [0.05, 0.1) is 13.2 Å². The Morgan fingerprint density at radius 1 is 1.00 bits per heavy atom. The maximum Gasteiger partial charge on any atom is 0.162 e. The molecule has 1 aliphatic rings. The largest absolute Gasteiger partial charge is 0.493 e. The van der Waals surface area contributed by atoms with Crippen LogP contribution < -0.4 is 14.8 Å². The molecule has 0 fully saturated rings. The Morgan fingerprint density at radius 2 is 1.78 bits per heavy atom. The molecule has 0 aliphatic carbocycles. The van der Waals surface area contributed by atoms with Gasteiger partial charge in [-0.15, -0.1) is 0 Å². The SMILES string of the molecule is COc1cc2c(cc1OCc1ccccc1)C(c1ccc(I)cc1)NCC2. The van der Waals surface area contributed by atoms with Gasteiger partial charge in [-0.2, -0.15) is 0 Å². The minimum atomic E-state index is 0.177. The van der Waals surface area contributed by atoms with Crippen molar-refractivity contribution in [3.8, 4) is 11.5 Å². The summed E-state index contributed by atoms with van der Waals surface area (Å²) in [5.74, 6) is 1.59. The Kier molecular flexibility index (Phi) is 5.64. The summed E-state index contributed by atoms with van der Waals surface area (Å²) in [5, 5.41) is 3.65. The number of methoxy groups -OCH3 is 1. The Labute approximate surface area is 173 Å². The van der Waals surface area contributed by atoms with Gasteiger partial charge in [0.25, 0.3) is 0 Å². The van der Waals surface area contributed by atoms with Crippen molar-refractivity contribution in [3.63, 3.8) is 0 Å². The highest BCUT2D eigenvalue weighted by molar-refractivity contribution is 14.1. The van der Waals surface area contributed by atoms with Crippen LogP contribution in [-0.4, -0.2) is 13.7 Å². The van der Waals surface area contributed by atoms with E-state index in [1.54, 1.807) is 7.11 Å². The molecule has 1 atom stereocenters. The fourth-order valence-electron chi connectivity index (χ4n) is 3.52. The standard InChI is InChI=1S/C23H22INO2/c1-26-21-13-18-11-12-25-23(17-7-9-19(24)10-8-17)20(18)14-22(21)27-15-16-5-3-2-4-6-16/h2-10,13-14,23,25H,11-12,15H2,1H3. The molecular weight excluding hydrogens is 449 g/mol. The molecule has 4 rings (SSSR count). The molecule has 0 bridgehead atoms. The summed E-state index contributed by atoms with van der Waals surface area (Å²) in [4.78, 5) is 0. The van der Waals surface area contributed by atoms with Gasteiger partial charge in [0.2, 0.25) is 0 Å². The van der Waals surface area contributed by atoms with Crippen LogP contribution in [0.3, 0.4) is 0 Å². The molecule has 4 heteroatoms. The highest BCUT2D eigenvalue weighted by Crippen LogP contribution is 2.38. The molecular formula is C23H22INO2. The first-order valence-electron chi connectivity index (χ1n) is 9.11. The lowest BCUT2D eigenvalue weighted by Gasteiger charge is -2.28. The van der Waals surface area contributed by atoms with Crippen molar-refractivity contribution in [2.45, 2.75) is 19.1 Å². The lowest BCUT2D eigenvalue weighted by Crippen LogP contribution is -2.30. The Bertz CT molecular complexity index is 910. The lowest BCUT2D eigenvalue weighted by atomic mass is 9.89. The highest BCUT2D eigenvalue weighted by atomic mass is 127. The molecule has 1 unspecified atom stereocenters. The van der Waals surface area contributed by atoms with Crippen molar-refractivity contribution in [2.75, 3.05) is 13.7 Å². The van der Waals surface area contributed by atoms with E-state index in [1.807, 2.05) is 18.2 Å². The van der Waals surface area contributed by atoms with Crippen molar-refractivity contribution in [1.29, 1.82) is 0 Å². The number of nitrogens with one attached hydrogen (secondary N) is 1. The van der Waals surface area contributed by atoms with Crippen LogP contribution in [0.4, 0.5) is 0 Å². The summed E-state index contributed by atoms with van der Waals surface area (Å²) < 4.78 is 13.0. The van der Waals surface area contributed by atoms with Gasteiger partial charge >= 0.3 is 0 Å². The van der Waals surface area contributed by atoms with E-state index in [4.69, 9.17) is 9.47 Å². The van der Waals surface area contributed by atoms with Crippen LogP contribution >= 0.6 is 22.6 Å². The van der Waals surface area contributed by atoms with E-state index in [1.165, 1.54) is 20.3 Å². The van der Waals surface area contributed by atoms with E-state index < -0.39 is 0 Å². The number of fused-ring (bicyclic) bond motifs is 1. The number of ether oxygens (including phenoxy) is 2. The summed E-state index contributed by atoms with van der Waals surface area (Å²) in [7, 11) is 1.70. The molecule has 3 nitrogen and oxygen atoms in total. The maximum atomic E-state index is 6.13. The number of benzene rings is 3. The Hall–Kier alpha value is -2.05.